The first-order chi connectivity index (χ1) is 7.87. The van der Waals surface area contributed by atoms with Gasteiger partial charge < -0.3 is 9.64 Å². The van der Waals surface area contributed by atoms with Crippen molar-refractivity contribution in [2.24, 2.45) is 11.3 Å². The third-order valence-electron chi connectivity index (χ3n) is 3.65. The molecule has 0 N–H and O–H groups in total. The zero-order chi connectivity index (χ0) is 12.8. The smallest absolute Gasteiger partial charge is 0.322 e. The molecule has 1 heterocycles. The summed E-state index contributed by atoms with van der Waals surface area (Å²) < 4.78 is 5.50. The van der Waals surface area contributed by atoms with Crippen LogP contribution in [0.4, 0.5) is 4.79 Å². The van der Waals surface area contributed by atoms with Gasteiger partial charge in [0.1, 0.15) is 0 Å². The minimum absolute atomic E-state index is 0.0258. The van der Waals surface area contributed by atoms with Gasteiger partial charge in [0.15, 0.2) is 6.23 Å². The van der Waals surface area contributed by atoms with E-state index >= 15 is 0 Å². The molecule has 1 aliphatic carbocycles. The van der Waals surface area contributed by atoms with Crippen LogP contribution in [0.2, 0.25) is 0 Å². The standard InChI is InChI=1S/C12H20N2O3/c1-8(2)9(15)17-10-12(5-6-12)7-13(3)11(16)14(10)4/h8,10H,5-7H2,1-4H3. The first kappa shape index (κ1) is 12.2. The van der Waals surface area contributed by atoms with Crippen LogP contribution >= 0.6 is 0 Å². The number of carbonyl (C=O) groups is 2. The number of rotatable bonds is 2. The molecule has 17 heavy (non-hydrogen) atoms. The molecule has 0 bridgehead atoms. The first-order valence-corrected chi connectivity index (χ1v) is 6.06. The van der Waals surface area contributed by atoms with E-state index in [1.165, 1.54) is 0 Å². The molecule has 0 aromatic carbocycles. The van der Waals surface area contributed by atoms with Crippen molar-refractivity contribution in [1.82, 2.24) is 9.80 Å². The number of hydrogen-bond acceptors (Lipinski definition) is 3. The SMILES string of the molecule is CC(C)C(=O)OC1N(C)C(=O)N(C)CC12CC2. The van der Waals surface area contributed by atoms with Gasteiger partial charge in [-0.1, -0.05) is 13.8 Å². The third-order valence-corrected chi connectivity index (χ3v) is 3.65. The molecule has 2 amide bonds. The van der Waals surface area contributed by atoms with Crippen LogP contribution in [0.1, 0.15) is 26.7 Å². The van der Waals surface area contributed by atoms with Crippen LogP contribution < -0.4 is 0 Å². The largest absolute Gasteiger partial charge is 0.441 e. The Morgan fingerprint density at radius 1 is 1.41 bits per heavy atom. The molecular formula is C12H20N2O3. The monoisotopic (exact) mass is 240 g/mol. The predicted molar refractivity (Wildman–Crippen MR) is 62.2 cm³/mol. The average molecular weight is 240 g/mol. The van der Waals surface area contributed by atoms with Crippen LogP contribution in [-0.4, -0.2) is 48.7 Å². The van der Waals surface area contributed by atoms with E-state index in [9.17, 15) is 9.59 Å². The zero-order valence-corrected chi connectivity index (χ0v) is 10.9. The number of urea groups is 1. The second-order valence-corrected chi connectivity index (χ2v) is 5.56. The van der Waals surface area contributed by atoms with Crippen molar-refractivity contribution < 1.29 is 14.3 Å². The van der Waals surface area contributed by atoms with Gasteiger partial charge in [0.05, 0.1) is 5.92 Å². The fourth-order valence-corrected chi connectivity index (χ4v) is 2.41. The van der Waals surface area contributed by atoms with Gasteiger partial charge in [-0.15, -0.1) is 0 Å². The molecular weight excluding hydrogens is 220 g/mol. The lowest BCUT2D eigenvalue weighted by Crippen LogP contribution is -2.58. The van der Waals surface area contributed by atoms with Gasteiger partial charge in [-0.2, -0.15) is 0 Å². The summed E-state index contributed by atoms with van der Waals surface area (Å²) in [6.07, 6.45) is 1.65. The summed E-state index contributed by atoms with van der Waals surface area (Å²) in [6.45, 7) is 4.30. The summed E-state index contributed by atoms with van der Waals surface area (Å²) >= 11 is 0. The predicted octanol–water partition coefficient (Wildman–Crippen LogP) is 1.29. The van der Waals surface area contributed by atoms with E-state index < -0.39 is 0 Å². The van der Waals surface area contributed by atoms with Crippen molar-refractivity contribution in [3.8, 4) is 0 Å². The van der Waals surface area contributed by atoms with Crippen LogP contribution in [0.5, 0.6) is 0 Å². The van der Waals surface area contributed by atoms with Gasteiger partial charge in [0.2, 0.25) is 0 Å². The summed E-state index contributed by atoms with van der Waals surface area (Å²) in [4.78, 5) is 26.8. The molecule has 0 aromatic rings. The summed E-state index contributed by atoms with van der Waals surface area (Å²) in [7, 11) is 3.50. The highest BCUT2D eigenvalue weighted by Gasteiger charge is 2.58. The van der Waals surface area contributed by atoms with E-state index in [2.05, 4.69) is 0 Å². The van der Waals surface area contributed by atoms with E-state index in [0.717, 1.165) is 12.8 Å². The maximum atomic E-state index is 11.9. The third kappa shape index (κ3) is 1.98. The van der Waals surface area contributed by atoms with Crippen molar-refractivity contribution in [3.63, 3.8) is 0 Å². The van der Waals surface area contributed by atoms with Crippen LogP contribution in [0.25, 0.3) is 0 Å². The Hall–Kier alpha value is -1.26. The Balaban J connectivity index is 2.14. The van der Waals surface area contributed by atoms with Gasteiger partial charge in [-0.3, -0.25) is 9.69 Å². The topological polar surface area (TPSA) is 49.9 Å². The Kier molecular flexibility index (Phi) is 2.79. The van der Waals surface area contributed by atoms with Crippen molar-refractivity contribution in [2.75, 3.05) is 20.6 Å². The summed E-state index contributed by atoms with van der Waals surface area (Å²) in [6, 6.07) is -0.0796. The summed E-state index contributed by atoms with van der Waals surface area (Å²) in [5.74, 6) is -0.389. The molecule has 2 fully saturated rings. The van der Waals surface area contributed by atoms with Crippen molar-refractivity contribution in [3.05, 3.63) is 0 Å². The van der Waals surface area contributed by atoms with E-state index in [0.29, 0.717) is 6.54 Å². The lowest BCUT2D eigenvalue weighted by molar-refractivity contribution is -0.170. The number of ether oxygens (including phenoxy) is 1. The molecule has 1 unspecified atom stereocenters. The highest BCUT2D eigenvalue weighted by Crippen LogP contribution is 2.53. The van der Waals surface area contributed by atoms with Crippen LogP contribution in [0.3, 0.4) is 0 Å². The molecule has 1 saturated carbocycles. The molecule has 1 saturated heterocycles. The van der Waals surface area contributed by atoms with Crippen molar-refractivity contribution in [1.29, 1.82) is 0 Å². The number of nitrogens with zero attached hydrogens (tertiary/aromatic N) is 2. The Morgan fingerprint density at radius 2 is 2.00 bits per heavy atom. The van der Waals surface area contributed by atoms with Crippen LogP contribution in [-0.2, 0) is 9.53 Å². The Morgan fingerprint density at radius 3 is 2.47 bits per heavy atom. The zero-order valence-electron chi connectivity index (χ0n) is 10.9. The molecule has 1 spiro atoms. The van der Waals surface area contributed by atoms with Crippen molar-refractivity contribution >= 4 is 12.0 Å². The van der Waals surface area contributed by atoms with Gasteiger partial charge >= 0.3 is 12.0 Å². The quantitative estimate of drug-likeness (QED) is 0.683. The van der Waals surface area contributed by atoms with E-state index in [1.54, 1.807) is 37.7 Å². The molecule has 5 heteroatoms. The molecule has 1 atom stereocenters. The average Bonchev–Trinajstić information content (AvgIpc) is 3.02. The molecule has 0 aromatic heterocycles. The molecule has 2 rings (SSSR count). The summed E-state index contributed by atoms with van der Waals surface area (Å²) in [5, 5.41) is 0. The minimum atomic E-state index is -0.388. The van der Waals surface area contributed by atoms with E-state index in [1.807, 2.05) is 0 Å². The minimum Gasteiger partial charge on any atom is -0.441 e. The van der Waals surface area contributed by atoms with E-state index in [-0.39, 0.29) is 29.6 Å². The number of esters is 1. The summed E-state index contributed by atoms with van der Waals surface area (Å²) in [5.41, 5.74) is -0.0258. The highest BCUT2D eigenvalue weighted by atomic mass is 16.6. The van der Waals surface area contributed by atoms with E-state index in [4.69, 9.17) is 4.74 Å². The highest BCUT2D eigenvalue weighted by molar-refractivity contribution is 5.77. The van der Waals surface area contributed by atoms with Gasteiger partial charge in [0, 0.05) is 26.1 Å². The van der Waals surface area contributed by atoms with Gasteiger partial charge in [-0.25, -0.2) is 4.79 Å². The van der Waals surface area contributed by atoms with Gasteiger partial charge in [-0.05, 0) is 12.8 Å². The molecule has 96 valence electrons. The number of hydrogen-bond donors (Lipinski definition) is 0. The lowest BCUT2D eigenvalue weighted by atomic mass is 10.0. The lowest BCUT2D eigenvalue weighted by Gasteiger charge is -2.43. The van der Waals surface area contributed by atoms with Crippen LogP contribution in [0, 0.1) is 11.3 Å². The molecule has 1 aliphatic heterocycles. The molecule has 2 aliphatic rings. The second kappa shape index (κ2) is 3.89. The number of amides is 2. The maximum Gasteiger partial charge on any atom is 0.322 e. The number of carbonyl (C=O) groups excluding carboxylic acids is 2. The second-order valence-electron chi connectivity index (χ2n) is 5.56. The van der Waals surface area contributed by atoms with Crippen LogP contribution in [0.15, 0.2) is 0 Å². The fraction of sp³-hybridized carbons (Fsp3) is 0.833. The Bertz CT molecular complexity index is 350. The van der Waals surface area contributed by atoms with Crippen molar-refractivity contribution in [2.45, 2.75) is 32.9 Å². The maximum absolute atomic E-state index is 11.9. The normalized spacial score (nSPS) is 26.6. The van der Waals surface area contributed by atoms with Gasteiger partial charge in [0.25, 0.3) is 0 Å². The fourth-order valence-electron chi connectivity index (χ4n) is 2.41. The molecule has 0 radical (unpaired) electrons. The first-order valence-electron chi connectivity index (χ1n) is 6.06. The Labute approximate surface area is 102 Å². The molecule has 5 nitrogen and oxygen atoms in total.